The number of benzene rings is 3. The van der Waals surface area contributed by atoms with Crippen molar-refractivity contribution in [1.29, 1.82) is 0 Å². The van der Waals surface area contributed by atoms with Crippen LogP contribution in [0.4, 0.5) is 10.1 Å². The molecule has 1 atom stereocenters. The van der Waals surface area contributed by atoms with E-state index in [0.29, 0.717) is 16.8 Å². The van der Waals surface area contributed by atoms with Gasteiger partial charge in [-0.05, 0) is 62.2 Å². The van der Waals surface area contributed by atoms with Crippen LogP contribution in [0.15, 0.2) is 77.7 Å². The summed E-state index contributed by atoms with van der Waals surface area (Å²) in [6.45, 7) is 4.66. The lowest BCUT2D eigenvalue weighted by Crippen LogP contribution is -2.50. The van der Waals surface area contributed by atoms with Crippen molar-refractivity contribution in [2.75, 3.05) is 17.9 Å². The topological polar surface area (TPSA) is 86.8 Å². The minimum Gasteiger partial charge on any atom is -0.357 e. The highest BCUT2D eigenvalue weighted by molar-refractivity contribution is 7.92. The molecule has 0 aliphatic heterocycles. The Morgan fingerprint density at radius 1 is 0.944 bits per heavy atom. The maximum absolute atomic E-state index is 13.7. The van der Waals surface area contributed by atoms with E-state index in [0.717, 1.165) is 9.87 Å². The lowest BCUT2D eigenvalue weighted by Gasteiger charge is -2.32. The Morgan fingerprint density at radius 3 is 2.14 bits per heavy atom. The first-order valence-electron chi connectivity index (χ1n) is 11.4. The highest BCUT2D eigenvalue weighted by Gasteiger charge is 2.32. The fourth-order valence-corrected chi connectivity index (χ4v) is 5.25. The third-order valence-corrected chi connectivity index (χ3v) is 7.73. The van der Waals surface area contributed by atoms with E-state index >= 15 is 0 Å². The van der Waals surface area contributed by atoms with Crippen molar-refractivity contribution < 1.29 is 22.4 Å². The molecule has 0 bridgehead atoms. The molecule has 0 aliphatic rings. The number of rotatable bonds is 9. The number of nitrogens with zero attached hydrogens (tertiary/aromatic N) is 2. The van der Waals surface area contributed by atoms with Crippen LogP contribution in [0.25, 0.3) is 0 Å². The highest BCUT2D eigenvalue weighted by atomic mass is 32.2. The van der Waals surface area contributed by atoms with Crippen molar-refractivity contribution in [2.45, 2.75) is 38.3 Å². The van der Waals surface area contributed by atoms with Gasteiger partial charge in [0, 0.05) is 13.6 Å². The standard InChI is InChI=1S/C27H30FN3O4S/c1-19-9-15-24(16-10-19)36(34,35)31(25-8-6-5-7-20(25)2)18-26(32)30(21(3)27(33)29-4)17-22-11-13-23(28)14-12-22/h5-16,21H,17-18H2,1-4H3,(H,29,33)/t21-/m1/s1. The summed E-state index contributed by atoms with van der Waals surface area (Å²) < 4.78 is 42.0. The second-order valence-corrected chi connectivity index (χ2v) is 10.4. The van der Waals surface area contributed by atoms with Gasteiger partial charge in [0.25, 0.3) is 10.0 Å². The van der Waals surface area contributed by atoms with Crippen LogP contribution in [0.1, 0.15) is 23.6 Å². The minimum atomic E-state index is -4.12. The minimum absolute atomic E-state index is 0.000108. The number of nitrogens with one attached hydrogen (secondary N) is 1. The van der Waals surface area contributed by atoms with E-state index < -0.39 is 40.2 Å². The second-order valence-electron chi connectivity index (χ2n) is 8.55. The SMILES string of the molecule is CNC(=O)[C@@H](C)N(Cc1ccc(F)cc1)C(=O)CN(c1ccccc1C)S(=O)(=O)c1ccc(C)cc1. The van der Waals surface area contributed by atoms with Crippen LogP contribution in [-0.4, -0.2) is 44.8 Å². The van der Waals surface area contributed by atoms with Gasteiger partial charge in [-0.25, -0.2) is 12.8 Å². The van der Waals surface area contributed by atoms with Gasteiger partial charge < -0.3 is 10.2 Å². The normalized spacial score (nSPS) is 12.0. The van der Waals surface area contributed by atoms with Crippen LogP contribution in [0, 0.1) is 19.7 Å². The van der Waals surface area contributed by atoms with E-state index in [1.807, 2.05) is 6.92 Å². The van der Waals surface area contributed by atoms with E-state index in [2.05, 4.69) is 5.32 Å². The fraction of sp³-hybridized carbons (Fsp3) is 0.259. The van der Waals surface area contributed by atoms with Crippen LogP contribution < -0.4 is 9.62 Å². The molecule has 9 heteroatoms. The number of carbonyl (C=O) groups is 2. The molecule has 0 aliphatic carbocycles. The molecule has 0 saturated carbocycles. The van der Waals surface area contributed by atoms with Crippen molar-refractivity contribution in [2.24, 2.45) is 0 Å². The van der Waals surface area contributed by atoms with Gasteiger partial charge in [0.1, 0.15) is 18.4 Å². The molecule has 0 saturated heterocycles. The van der Waals surface area contributed by atoms with Gasteiger partial charge in [-0.1, -0.05) is 48.0 Å². The zero-order chi connectivity index (χ0) is 26.5. The van der Waals surface area contributed by atoms with Gasteiger partial charge in [0.15, 0.2) is 0 Å². The molecule has 3 aromatic carbocycles. The number of amides is 2. The van der Waals surface area contributed by atoms with Gasteiger partial charge >= 0.3 is 0 Å². The molecule has 2 amide bonds. The predicted octanol–water partition coefficient (Wildman–Crippen LogP) is 3.80. The zero-order valence-corrected chi connectivity index (χ0v) is 21.5. The summed E-state index contributed by atoms with van der Waals surface area (Å²) in [4.78, 5) is 27.5. The van der Waals surface area contributed by atoms with Gasteiger partial charge in [0.2, 0.25) is 11.8 Å². The number of carbonyl (C=O) groups excluding carboxylic acids is 2. The largest absolute Gasteiger partial charge is 0.357 e. The summed E-state index contributed by atoms with van der Waals surface area (Å²) in [7, 11) is -2.66. The molecule has 0 heterocycles. The lowest BCUT2D eigenvalue weighted by molar-refractivity contribution is -0.139. The molecule has 1 N–H and O–H groups in total. The molecule has 0 fully saturated rings. The first-order valence-corrected chi connectivity index (χ1v) is 12.9. The maximum atomic E-state index is 13.7. The number of hydrogen-bond acceptors (Lipinski definition) is 4. The van der Waals surface area contributed by atoms with Crippen LogP contribution in [0.5, 0.6) is 0 Å². The van der Waals surface area contributed by atoms with Gasteiger partial charge in [-0.3, -0.25) is 13.9 Å². The number of sulfonamides is 1. The molecule has 7 nitrogen and oxygen atoms in total. The molecule has 3 aromatic rings. The number of hydrogen-bond donors (Lipinski definition) is 1. The molecule has 190 valence electrons. The molecule has 36 heavy (non-hydrogen) atoms. The number of likely N-dealkylation sites (N-methyl/N-ethyl adjacent to an activating group) is 1. The summed E-state index contributed by atoms with van der Waals surface area (Å²) in [5.41, 5.74) is 2.54. The molecule has 0 radical (unpaired) electrons. The van der Waals surface area contributed by atoms with E-state index in [-0.39, 0.29) is 11.4 Å². The van der Waals surface area contributed by atoms with Crippen molar-refractivity contribution in [3.8, 4) is 0 Å². The smallest absolute Gasteiger partial charge is 0.264 e. The Morgan fingerprint density at radius 2 is 1.56 bits per heavy atom. The van der Waals surface area contributed by atoms with Crippen LogP contribution in [0.3, 0.4) is 0 Å². The quantitative estimate of drug-likeness (QED) is 0.474. The van der Waals surface area contributed by atoms with Gasteiger partial charge in [-0.15, -0.1) is 0 Å². The van der Waals surface area contributed by atoms with Gasteiger partial charge in [-0.2, -0.15) is 0 Å². The van der Waals surface area contributed by atoms with E-state index in [1.165, 1.54) is 48.3 Å². The molecule has 0 aromatic heterocycles. The van der Waals surface area contributed by atoms with Crippen molar-refractivity contribution in [3.05, 3.63) is 95.3 Å². The first-order chi connectivity index (χ1) is 17.0. The Hall–Kier alpha value is -3.72. The molecule has 3 rings (SSSR count). The fourth-order valence-electron chi connectivity index (χ4n) is 3.77. The third kappa shape index (κ3) is 6.09. The lowest BCUT2D eigenvalue weighted by atomic mass is 10.1. The number of aryl methyl sites for hydroxylation is 2. The Balaban J connectivity index is 2.04. The van der Waals surface area contributed by atoms with E-state index in [1.54, 1.807) is 50.2 Å². The summed E-state index contributed by atoms with van der Waals surface area (Å²) in [6, 6.07) is 18.0. The predicted molar refractivity (Wildman–Crippen MR) is 137 cm³/mol. The summed E-state index contributed by atoms with van der Waals surface area (Å²) in [5, 5.41) is 2.53. The molecule has 0 unspecified atom stereocenters. The molecular formula is C27H30FN3O4S. The summed E-state index contributed by atoms with van der Waals surface area (Å²) in [5.74, 6) is -1.41. The summed E-state index contributed by atoms with van der Waals surface area (Å²) in [6.07, 6.45) is 0. The Labute approximate surface area is 211 Å². The van der Waals surface area contributed by atoms with Crippen LogP contribution >= 0.6 is 0 Å². The van der Waals surface area contributed by atoms with E-state index in [4.69, 9.17) is 0 Å². The molecule has 0 spiro atoms. The Kier molecular flexibility index (Phi) is 8.47. The van der Waals surface area contributed by atoms with Crippen LogP contribution in [-0.2, 0) is 26.2 Å². The van der Waals surface area contributed by atoms with Crippen molar-refractivity contribution >= 4 is 27.5 Å². The monoisotopic (exact) mass is 511 g/mol. The Bertz CT molecular complexity index is 1330. The third-order valence-electron chi connectivity index (χ3n) is 5.95. The van der Waals surface area contributed by atoms with Crippen molar-refractivity contribution in [1.82, 2.24) is 10.2 Å². The highest BCUT2D eigenvalue weighted by Crippen LogP contribution is 2.27. The number of anilines is 1. The summed E-state index contributed by atoms with van der Waals surface area (Å²) >= 11 is 0. The van der Waals surface area contributed by atoms with Crippen LogP contribution in [0.2, 0.25) is 0 Å². The van der Waals surface area contributed by atoms with Crippen molar-refractivity contribution in [3.63, 3.8) is 0 Å². The number of halogens is 1. The van der Waals surface area contributed by atoms with E-state index in [9.17, 15) is 22.4 Å². The number of para-hydroxylation sites is 1. The second kappa shape index (κ2) is 11.3. The first kappa shape index (κ1) is 26.9. The molecular weight excluding hydrogens is 481 g/mol. The average molecular weight is 512 g/mol. The average Bonchev–Trinajstić information content (AvgIpc) is 2.86. The maximum Gasteiger partial charge on any atom is 0.264 e. The zero-order valence-electron chi connectivity index (χ0n) is 20.7. The van der Waals surface area contributed by atoms with Gasteiger partial charge in [0.05, 0.1) is 10.6 Å².